The first-order chi connectivity index (χ1) is 16.6. The Bertz CT molecular complexity index is 1070. The van der Waals surface area contributed by atoms with E-state index in [1.165, 1.54) is 30.4 Å². The second kappa shape index (κ2) is 11.5. The Morgan fingerprint density at radius 2 is 1.32 bits per heavy atom. The predicted molar refractivity (Wildman–Crippen MR) is 136 cm³/mol. The summed E-state index contributed by atoms with van der Waals surface area (Å²) in [6.07, 6.45) is 6.08. The Balaban J connectivity index is 1.49. The molecule has 0 unspecified atom stereocenters. The zero-order valence-corrected chi connectivity index (χ0v) is 20.2. The van der Waals surface area contributed by atoms with Crippen molar-refractivity contribution in [1.29, 1.82) is 0 Å². The van der Waals surface area contributed by atoms with Gasteiger partial charge in [-0.25, -0.2) is 0 Å². The minimum absolute atomic E-state index is 0.403. The van der Waals surface area contributed by atoms with E-state index in [-0.39, 0.29) is 0 Å². The molecule has 180 valence electrons. The van der Waals surface area contributed by atoms with Crippen molar-refractivity contribution in [3.63, 3.8) is 0 Å². The van der Waals surface area contributed by atoms with E-state index >= 15 is 0 Å². The van der Waals surface area contributed by atoms with Gasteiger partial charge in [0, 0.05) is 19.1 Å². The van der Waals surface area contributed by atoms with Gasteiger partial charge in [-0.3, -0.25) is 0 Å². The maximum atomic E-state index is 5.42. The lowest BCUT2D eigenvalue weighted by Crippen LogP contribution is -2.24. The highest BCUT2D eigenvalue weighted by atomic mass is 16.5. The number of hydrogen-bond donors (Lipinski definition) is 3. The molecule has 0 atom stereocenters. The number of benzene rings is 2. The van der Waals surface area contributed by atoms with Crippen LogP contribution in [0.5, 0.6) is 11.5 Å². The molecule has 0 saturated heterocycles. The van der Waals surface area contributed by atoms with Crippen LogP contribution in [-0.4, -0.2) is 35.2 Å². The van der Waals surface area contributed by atoms with Crippen molar-refractivity contribution in [1.82, 2.24) is 15.0 Å². The fourth-order valence-corrected chi connectivity index (χ4v) is 4.09. The fourth-order valence-electron chi connectivity index (χ4n) is 4.09. The van der Waals surface area contributed by atoms with Gasteiger partial charge in [0.05, 0.1) is 14.2 Å². The van der Waals surface area contributed by atoms with Crippen LogP contribution >= 0.6 is 0 Å². The normalized spacial score (nSPS) is 13.9. The van der Waals surface area contributed by atoms with E-state index in [4.69, 9.17) is 9.47 Å². The summed E-state index contributed by atoms with van der Waals surface area (Å²) in [5, 5.41) is 10.2. The van der Waals surface area contributed by atoms with Crippen LogP contribution in [0.25, 0.3) is 0 Å². The molecule has 1 heterocycles. The van der Waals surface area contributed by atoms with Crippen LogP contribution in [-0.2, 0) is 13.1 Å². The first-order valence-electron chi connectivity index (χ1n) is 11.9. The first kappa shape index (κ1) is 23.6. The third-order valence-corrected chi connectivity index (χ3v) is 6.04. The van der Waals surface area contributed by atoms with Gasteiger partial charge in [0.2, 0.25) is 17.8 Å². The van der Waals surface area contributed by atoms with E-state index in [0.29, 0.717) is 48.5 Å². The van der Waals surface area contributed by atoms with E-state index in [1.807, 2.05) is 18.2 Å². The van der Waals surface area contributed by atoms with Crippen molar-refractivity contribution >= 4 is 17.8 Å². The fraction of sp³-hybridized carbons (Fsp3) is 0.423. The predicted octanol–water partition coefficient (Wildman–Crippen LogP) is 5.17. The summed E-state index contributed by atoms with van der Waals surface area (Å²) >= 11 is 0. The number of methoxy groups -OCH3 is 2. The van der Waals surface area contributed by atoms with E-state index in [9.17, 15) is 0 Å². The van der Waals surface area contributed by atoms with Crippen molar-refractivity contribution < 1.29 is 9.47 Å². The number of nitrogens with one attached hydrogen (secondary N) is 3. The number of hydrogen-bond acceptors (Lipinski definition) is 8. The molecule has 1 aliphatic carbocycles. The van der Waals surface area contributed by atoms with Gasteiger partial charge in [-0.2, -0.15) is 15.0 Å². The standard InChI is InChI=1S/C26H34N6O2/c1-18-9-11-19(12-10-18)16-27-24-30-25(32-26(31-24)29-21-7-5-4-6-8-21)28-17-20-13-14-22(33-2)23(15-20)34-3/h9-15,21H,4-8,16-17H2,1-3H3,(H3,27,28,29,30,31,32). The van der Waals surface area contributed by atoms with Crippen LogP contribution in [0.3, 0.4) is 0 Å². The lowest BCUT2D eigenvalue weighted by atomic mass is 9.96. The molecule has 8 nitrogen and oxygen atoms in total. The number of aromatic nitrogens is 3. The molecule has 1 aromatic heterocycles. The Hall–Kier alpha value is -3.55. The lowest BCUT2D eigenvalue weighted by Gasteiger charge is -2.23. The second-order valence-corrected chi connectivity index (χ2v) is 8.67. The molecule has 2 aromatic carbocycles. The number of nitrogens with zero attached hydrogens (tertiary/aromatic N) is 3. The molecule has 4 rings (SSSR count). The van der Waals surface area contributed by atoms with Crippen LogP contribution in [0.1, 0.15) is 48.8 Å². The highest BCUT2D eigenvalue weighted by Gasteiger charge is 2.16. The maximum Gasteiger partial charge on any atom is 0.229 e. The lowest BCUT2D eigenvalue weighted by molar-refractivity contribution is 0.354. The van der Waals surface area contributed by atoms with Gasteiger partial charge in [-0.15, -0.1) is 0 Å². The SMILES string of the molecule is COc1ccc(CNc2nc(NCc3ccc(C)cc3)nc(NC3CCCCC3)n2)cc1OC. The van der Waals surface area contributed by atoms with Crippen LogP contribution < -0.4 is 25.4 Å². The van der Waals surface area contributed by atoms with Crippen LogP contribution in [0, 0.1) is 6.92 Å². The Kier molecular flexibility index (Phi) is 8.01. The van der Waals surface area contributed by atoms with Gasteiger partial charge in [0.1, 0.15) is 0 Å². The summed E-state index contributed by atoms with van der Waals surface area (Å²) < 4.78 is 10.8. The highest BCUT2D eigenvalue weighted by Crippen LogP contribution is 2.28. The number of aryl methyl sites for hydroxylation is 1. The molecule has 0 amide bonds. The average Bonchev–Trinajstić information content (AvgIpc) is 2.87. The smallest absolute Gasteiger partial charge is 0.229 e. The number of ether oxygens (including phenoxy) is 2. The largest absolute Gasteiger partial charge is 0.493 e. The van der Waals surface area contributed by atoms with Crippen molar-refractivity contribution in [3.05, 3.63) is 59.2 Å². The number of rotatable bonds is 10. The van der Waals surface area contributed by atoms with Gasteiger partial charge in [0.25, 0.3) is 0 Å². The first-order valence-corrected chi connectivity index (χ1v) is 11.9. The average molecular weight is 463 g/mol. The summed E-state index contributed by atoms with van der Waals surface area (Å²) in [4.78, 5) is 13.9. The van der Waals surface area contributed by atoms with Crippen molar-refractivity contribution in [2.75, 3.05) is 30.2 Å². The molecular formula is C26H34N6O2. The van der Waals surface area contributed by atoms with Crippen LogP contribution in [0.4, 0.5) is 17.8 Å². The van der Waals surface area contributed by atoms with Crippen molar-refractivity contribution in [3.8, 4) is 11.5 Å². The Labute approximate surface area is 201 Å². The van der Waals surface area contributed by atoms with Crippen molar-refractivity contribution in [2.24, 2.45) is 0 Å². The minimum Gasteiger partial charge on any atom is -0.493 e. The zero-order chi connectivity index (χ0) is 23.8. The van der Waals surface area contributed by atoms with Gasteiger partial charge in [-0.1, -0.05) is 55.2 Å². The van der Waals surface area contributed by atoms with E-state index < -0.39 is 0 Å². The van der Waals surface area contributed by atoms with E-state index in [1.54, 1.807) is 14.2 Å². The Morgan fingerprint density at radius 1 is 0.735 bits per heavy atom. The number of anilines is 3. The zero-order valence-electron chi connectivity index (χ0n) is 20.2. The molecule has 0 spiro atoms. The van der Waals surface area contributed by atoms with Crippen molar-refractivity contribution in [2.45, 2.75) is 58.2 Å². The quantitative estimate of drug-likeness (QED) is 0.380. The van der Waals surface area contributed by atoms with Gasteiger partial charge in [-0.05, 0) is 43.0 Å². The molecule has 1 saturated carbocycles. The van der Waals surface area contributed by atoms with Crippen LogP contribution in [0.2, 0.25) is 0 Å². The van der Waals surface area contributed by atoms with Gasteiger partial charge < -0.3 is 25.4 Å². The Morgan fingerprint density at radius 3 is 1.97 bits per heavy atom. The topological polar surface area (TPSA) is 93.2 Å². The third-order valence-electron chi connectivity index (χ3n) is 6.04. The van der Waals surface area contributed by atoms with Crippen LogP contribution in [0.15, 0.2) is 42.5 Å². The summed E-state index contributed by atoms with van der Waals surface area (Å²) in [7, 11) is 3.27. The molecule has 3 aromatic rings. The third kappa shape index (κ3) is 6.50. The van der Waals surface area contributed by atoms with Gasteiger partial charge >= 0.3 is 0 Å². The van der Waals surface area contributed by atoms with E-state index in [2.05, 4.69) is 62.1 Å². The summed E-state index contributed by atoms with van der Waals surface area (Å²) in [6.45, 7) is 3.27. The molecule has 1 fully saturated rings. The molecular weight excluding hydrogens is 428 g/mol. The molecule has 0 aliphatic heterocycles. The summed E-state index contributed by atoms with van der Waals surface area (Å²) in [5.41, 5.74) is 3.45. The molecule has 3 N–H and O–H groups in total. The summed E-state index contributed by atoms with van der Waals surface area (Å²) in [6, 6.07) is 14.7. The highest BCUT2D eigenvalue weighted by molar-refractivity contribution is 5.46. The van der Waals surface area contributed by atoms with Gasteiger partial charge in [0.15, 0.2) is 11.5 Å². The molecule has 1 aliphatic rings. The monoisotopic (exact) mass is 462 g/mol. The molecule has 34 heavy (non-hydrogen) atoms. The molecule has 0 bridgehead atoms. The second-order valence-electron chi connectivity index (χ2n) is 8.67. The maximum absolute atomic E-state index is 5.42. The molecule has 0 radical (unpaired) electrons. The van der Waals surface area contributed by atoms with E-state index in [0.717, 1.165) is 18.4 Å². The minimum atomic E-state index is 0.403. The summed E-state index contributed by atoms with van der Waals surface area (Å²) in [5.74, 6) is 3.06. The molecule has 8 heteroatoms.